The monoisotopic (exact) mass is 574 g/mol. The van der Waals surface area contributed by atoms with Gasteiger partial charge in [0.25, 0.3) is 5.91 Å². The van der Waals surface area contributed by atoms with Gasteiger partial charge in [-0.1, -0.05) is 0 Å². The number of aromatic nitrogens is 9. The van der Waals surface area contributed by atoms with Gasteiger partial charge in [0, 0.05) is 37.2 Å². The van der Waals surface area contributed by atoms with Crippen LogP contribution >= 0.6 is 0 Å². The zero-order valence-corrected chi connectivity index (χ0v) is 20.9. The summed E-state index contributed by atoms with van der Waals surface area (Å²) in [5, 5.41) is 34.0. The molecule has 0 radical (unpaired) electrons. The molecule has 4 aromatic heterocycles. The number of carboxylic acid groups (broad SMARTS) is 3. The molecule has 0 saturated carbocycles. The number of amides is 1. The second kappa shape index (κ2) is 13.5. The third-order valence-corrected chi connectivity index (χ3v) is 4.93. The summed E-state index contributed by atoms with van der Waals surface area (Å²) in [7, 11) is 0. The van der Waals surface area contributed by atoms with Crippen molar-refractivity contribution >= 4 is 23.8 Å². The maximum absolute atomic E-state index is 12.5. The predicted octanol–water partition coefficient (Wildman–Crippen LogP) is 0.322. The van der Waals surface area contributed by atoms with Crippen molar-refractivity contribution in [2.24, 2.45) is 0 Å². The number of hydrogen-bond acceptors (Lipinski definition) is 12. The van der Waals surface area contributed by atoms with E-state index < -0.39 is 23.8 Å². The molecule has 42 heavy (non-hydrogen) atoms. The minimum absolute atomic E-state index is 0. The number of rotatable bonds is 7. The highest BCUT2D eigenvalue weighted by atomic mass is 16.4. The fourth-order valence-electron chi connectivity index (χ4n) is 3.12. The van der Waals surface area contributed by atoms with E-state index in [1.54, 1.807) is 0 Å². The number of carboxylic acids is 3. The largest absolute Gasteiger partial charge is 0.478 e. The molecular weight excluding hydrogens is 556 g/mol. The van der Waals surface area contributed by atoms with Gasteiger partial charge in [-0.25, -0.2) is 34.0 Å². The van der Waals surface area contributed by atoms with Crippen molar-refractivity contribution < 1.29 is 40.0 Å². The number of aromatic carboxylic acids is 3. The van der Waals surface area contributed by atoms with E-state index in [0.29, 0.717) is 11.4 Å². The SMILES string of the molecule is O.O=C(Nn1c(-c2cnccn2)nnc1-c1cnccn1)c1cnccn1.O=C(O)c1cc(C(=O)O)cc(C(=O)O)c1. The molecule has 6 N–H and O–H groups in total. The molecular formula is C24H18N10O8. The van der Waals surface area contributed by atoms with E-state index in [2.05, 4.69) is 45.5 Å². The van der Waals surface area contributed by atoms with Crippen LogP contribution in [-0.4, -0.2) is 89.4 Å². The van der Waals surface area contributed by atoms with Crippen molar-refractivity contribution in [3.05, 3.63) is 96.4 Å². The molecule has 4 heterocycles. The molecule has 0 aliphatic heterocycles. The predicted molar refractivity (Wildman–Crippen MR) is 139 cm³/mol. The Morgan fingerprint density at radius 2 is 1.00 bits per heavy atom. The van der Waals surface area contributed by atoms with Gasteiger partial charge in [-0.05, 0) is 18.2 Å². The van der Waals surface area contributed by atoms with Crippen molar-refractivity contribution in [2.75, 3.05) is 5.43 Å². The van der Waals surface area contributed by atoms with E-state index in [1.165, 1.54) is 60.4 Å². The summed E-state index contributed by atoms with van der Waals surface area (Å²) in [6.45, 7) is 0. The van der Waals surface area contributed by atoms with Crippen LogP contribution in [0.4, 0.5) is 0 Å². The molecule has 0 fully saturated rings. The first-order chi connectivity index (χ1) is 19.7. The first-order valence-corrected chi connectivity index (χ1v) is 11.1. The smallest absolute Gasteiger partial charge is 0.335 e. The Balaban J connectivity index is 0.000000260. The number of benzene rings is 1. The van der Waals surface area contributed by atoms with Crippen molar-refractivity contribution in [2.45, 2.75) is 0 Å². The van der Waals surface area contributed by atoms with E-state index >= 15 is 0 Å². The minimum Gasteiger partial charge on any atom is -0.478 e. The minimum atomic E-state index is -1.37. The van der Waals surface area contributed by atoms with Crippen LogP contribution in [0.15, 0.2) is 74.0 Å². The average molecular weight is 574 g/mol. The van der Waals surface area contributed by atoms with Crippen LogP contribution in [0.5, 0.6) is 0 Å². The van der Waals surface area contributed by atoms with E-state index in [1.807, 2.05) is 0 Å². The highest BCUT2D eigenvalue weighted by Crippen LogP contribution is 2.19. The highest BCUT2D eigenvalue weighted by molar-refractivity contribution is 5.99. The number of nitrogens with zero attached hydrogens (tertiary/aromatic N) is 9. The van der Waals surface area contributed by atoms with Gasteiger partial charge in [0.1, 0.15) is 17.1 Å². The van der Waals surface area contributed by atoms with E-state index in [-0.39, 0.29) is 39.5 Å². The first kappa shape index (κ1) is 30.0. The molecule has 0 aliphatic rings. The lowest BCUT2D eigenvalue weighted by atomic mass is 10.1. The second-order valence-corrected chi connectivity index (χ2v) is 7.61. The van der Waals surface area contributed by atoms with Crippen molar-refractivity contribution in [1.82, 2.24) is 44.8 Å². The number of carbonyl (C=O) groups excluding carboxylic acids is 1. The quantitative estimate of drug-likeness (QED) is 0.203. The number of nitrogens with one attached hydrogen (secondary N) is 1. The molecule has 18 heteroatoms. The van der Waals surface area contributed by atoms with Crippen LogP contribution in [0, 0.1) is 0 Å². The van der Waals surface area contributed by atoms with Gasteiger partial charge in [0.05, 0.1) is 35.3 Å². The number of hydrogen-bond donors (Lipinski definition) is 4. The fraction of sp³-hybridized carbons (Fsp3) is 0. The zero-order valence-electron chi connectivity index (χ0n) is 20.9. The van der Waals surface area contributed by atoms with E-state index in [9.17, 15) is 19.2 Å². The van der Waals surface area contributed by atoms with Gasteiger partial charge >= 0.3 is 17.9 Å². The first-order valence-electron chi connectivity index (χ1n) is 11.1. The fourth-order valence-corrected chi connectivity index (χ4v) is 3.12. The topological polar surface area (TPSA) is 281 Å². The maximum atomic E-state index is 12.5. The Hall–Kier alpha value is -6.56. The van der Waals surface area contributed by atoms with Crippen LogP contribution in [0.2, 0.25) is 0 Å². The van der Waals surface area contributed by atoms with Gasteiger partial charge in [-0.2, -0.15) is 0 Å². The van der Waals surface area contributed by atoms with Gasteiger partial charge in [-0.15, -0.1) is 10.2 Å². The molecule has 0 aliphatic carbocycles. The highest BCUT2D eigenvalue weighted by Gasteiger charge is 2.20. The van der Waals surface area contributed by atoms with Crippen LogP contribution in [0.3, 0.4) is 0 Å². The lowest BCUT2D eigenvalue weighted by Gasteiger charge is -2.10. The van der Waals surface area contributed by atoms with Crippen molar-refractivity contribution in [3.8, 4) is 23.0 Å². The lowest BCUT2D eigenvalue weighted by Crippen LogP contribution is -2.25. The average Bonchev–Trinajstić information content (AvgIpc) is 3.41. The molecule has 1 aromatic carbocycles. The molecule has 0 bridgehead atoms. The second-order valence-electron chi connectivity index (χ2n) is 7.61. The summed E-state index contributed by atoms with van der Waals surface area (Å²) in [4.78, 5) is 68.5. The van der Waals surface area contributed by atoms with Gasteiger partial charge < -0.3 is 20.8 Å². The zero-order chi connectivity index (χ0) is 29.4. The summed E-state index contributed by atoms with van der Waals surface area (Å²) in [5.41, 5.74) is 2.57. The Morgan fingerprint density at radius 3 is 1.33 bits per heavy atom. The molecule has 0 spiro atoms. The Kier molecular flexibility index (Phi) is 9.63. The van der Waals surface area contributed by atoms with Crippen molar-refractivity contribution in [1.29, 1.82) is 0 Å². The lowest BCUT2D eigenvalue weighted by molar-refractivity contribution is 0.0696. The summed E-state index contributed by atoms with van der Waals surface area (Å²) in [6, 6.07) is 2.70. The summed E-state index contributed by atoms with van der Waals surface area (Å²) in [6.07, 6.45) is 13.4. The summed E-state index contributed by atoms with van der Waals surface area (Å²) < 4.78 is 1.37. The Bertz CT molecular complexity index is 1580. The van der Waals surface area contributed by atoms with Gasteiger partial charge in [0.2, 0.25) is 11.6 Å². The molecule has 1 amide bonds. The molecule has 0 saturated heterocycles. The summed E-state index contributed by atoms with van der Waals surface area (Å²) in [5.74, 6) is -4.04. The maximum Gasteiger partial charge on any atom is 0.335 e. The van der Waals surface area contributed by atoms with E-state index in [0.717, 1.165) is 18.2 Å². The van der Waals surface area contributed by atoms with Crippen LogP contribution < -0.4 is 5.43 Å². The third kappa shape index (κ3) is 7.09. The van der Waals surface area contributed by atoms with E-state index in [4.69, 9.17) is 15.3 Å². The van der Waals surface area contributed by atoms with Gasteiger partial charge in [-0.3, -0.25) is 25.2 Å². The van der Waals surface area contributed by atoms with Crippen LogP contribution in [0.25, 0.3) is 23.0 Å². The normalized spacial score (nSPS) is 9.90. The molecule has 0 atom stereocenters. The molecule has 0 unspecified atom stereocenters. The third-order valence-electron chi connectivity index (χ3n) is 4.93. The Morgan fingerprint density at radius 1 is 0.595 bits per heavy atom. The van der Waals surface area contributed by atoms with Crippen LogP contribution in [0.1, 0.15) is 41.6 Å². The standard InChI is InChI=1S/C15H10N10O.C9H6O6.H2O/c26-15(12-9-18-3-6-21-12)24-25-13(10-7-16-1-4-19-10)22-23-14(25)11-8-17-2-5-20-11;10-7(11)4-1-5(8(12)13)3-6(2-4)9(14)15;/h1-9H,(H,24,26);1-3H,(H,10,11)(H,12,13)(H,14,15);1H2. The molecule has 18 nitrogen and oxygen atoms in total. The molecule has 5 aromatic rings. The molecule has 5 rings (SSSR count). The summed E-state index contributed by atoms with van der Waals surface area (Å²) >= 11 is 0. The van der Waals surface area contributed by atoms with Gasteiger partial charge in [0.15, 0.2) is 0 Å². The van der Waals surface area contributed by atoms with Crippen LogP contribution in [-0.2, 0) is 0 Å². The Labute approximate surface area is 233 Å². The van der Waals surface area contributed by atoms with Crippen molar-refractivity contribution in [3.63, 3.8) is 0 Å². The number of carbonyl (C=O) groups is 4. The molecule has 212 valence electrons.